The first-order chi connectivity index (χ1) is 12.0. The van der Waals surface area contributed by atoms with Gasteiger partial charge in [-0.05, 0) is 54.9 Å². The normalized spacial score (nSPS) is 13.2. The molecule has 2 N–H and O–H groups in total. The lowest BCUT2D eigenvalue weighted by Gasteiger charge is -2.13. The Bertz CT molecular complexity index is 827. The zero-order valence-electron chi connectivity index (χ0n) is 14.6. The monoisotopic (exact) mass is 362 g/mol. The van der Waals surface area contributed by atoms with Crippen LogP contribution in [-0.2, 0) is 43.4 Å². The molecule has 25 heavy (non-hydrogen) atoms. The predicted molar refractivity (Wildman–Crippen MR) is 96.6 cm³/mol. The second kappa shape index (κ2) is 7.08. The van der Waals surface area contributed by atoms with Crippen molar-refractivity contribution in [3.05, 3.63) is 44.7 Å². The molecule has 1 aliphatic carbocycles. The van der Waals surface area contributed by atoms with Crippen molar-refractivity contribution < 1.29 is 15.0 Å². The first-order valence-corrected chi connectivity index (χ1v) is 9.15. The van der Waals surface area contributed by atoms with Crippen LogP contribution in [-0.4, -0.2) is 26.0 Å². The van der Waals surface area contributed by atoms with Crippen LogP contribution in [0.2, 0.25) is 5.02 Å². The van der Waals surface area contributed by atoms with Crippen molar-refractivity contribution in [1.82, 2.24) is 9.78 Å². The lowest BCUT2D eigenvalue weighted by molar-refractivity contribution is -0.137. The number of phenolic OH excluding ortho intramolecular Hbond substituents is 1. The number of aliphatic carboxylic acids is 1. The van der Waals surface area contributed by atoms with E-state index in [0.29, 0.717) is 11.4 Å². The van der Waals surface area contributed by atoms with Gasteiger partial charge in [-0.2, -0.15) is 5.10 Å². The smallest absolute Gasteiger partial charge is 0.325 e. The summed E-state index contributed by atoms with van der Waals surface area (Å²) in [6.45, 7) is 3.93. The van der Waals surface area contributed by atoms with Gasteiger partial charge in [0.1, 0.15) is 12.3 Å². The third-order valence-electron chi connectivity index (χ3n) is 4.99. The fourth-order valence-electron chi connectivity index (χ4n) is 3.89. The summed E-state index contributed by atoms with van der Waals surface area (Å²) in [6, 6.07) is 1.86. The van der Waals surface area contributed by atoms with Crippen molar-refractivity contribution in [3.8, 4) is 5.75 Å². The highest BCUT2D eigenvalue weighted by molar-refractivity contribution is 6.32. The van der Waals surface area contributed by atoms with Gasteiger partial charge in [-0.25, -0.2) is 0 Å². The molecular weight excluding hydrogens is 340 g/mol. The Morgan fingerprint density at radius 2 is 2.00 bits per heavy atom. The van der Waals surface area contributed by atoms with Crippen molar-refractivity contribution in [3.63, 3.8) is 0 Å². The van der Waals surface area contributed by atoms with Crippen molar-refractivity contribution in [2.45, 2.75) is 58.9 Å². The number of fused-ring (bicyclic) bond motifs is 1. The number of hydrogen-bond acceptors (Lipinski definition) is 3. The van der Waals surface area contributed by atoms with Crippen molar-refractivity contribution >= 4 is 17.6 Å². The maximum atomic E-state index is 11.1. The zero-order chi connectivity index (χ0) is 18.1. The summed E-state index contributed by atoms with van der Waals surface area (Å²) >= 11 is 6.24. The average molecular weight is 363 g/mol. The Hall–Kier alpha value is -2.01. The third kappa shape index (κ3) is 3.25. The highest BCUT2D eigenvalue weighted by atomic mass is 35.5. The summed E-state index contributed by atoms with van der Waals surface area (Å²) in [5.41, 5.74) is 6.29. The molecule has 0 radical (unpaired) electrons. The van der Waals surface area contributed by atoms with Gasteiger partial charge in [0, 0.05) is 17.7 Å². The molecule has 1 aliphatic rings. The number of rotatable bonds is 6. The molecule has 6 heteroatoms. The van der Waals surface area contributed by atoms with Crippen LogP contribution in [0.5, 0.6) is 5.75 Å². The van der Waals surface area contributed by atoms with Crippen molar-refractivity contribution in [2.24, 2.45) is 0 Å². The molecular formula is C19H23ClN2O3. The summed E-state index contributed by atoms with van der Waals surface area (Å²) in [4.78, 5) is 11.1. The van der Waals surface area contributed by atoms with Gasteiger partial charge in [0.15, 0.2) is 0 Å². The molecule has 5 nitrogen and oxygen atoms in total. The minimum absolute atomic E-state index is 0.120. The van der Waals surface area contributed by atoms with E-state index >= 15 is 0 Å². The highest BCUT2D eigenvalue weighted by Gasteiger charge is 2.24. The SMILES string of the molecule is CCc1nn(CC(=O)O)c(CC)c1Cc1cc(Cl)c(O)c2c1CCC2. The fourth-order valence-corrected chi connectivity index (χ4v) is 4.14. The minimum Gasteiger partial charge on any atom is -0.506 e. The van der Waals surface area contributed by atoms with Crippen LogP contribution in [0.25, 0.3) is 0 Å². The van der Waals surface area contributed by atoms with E-state index in [1.54, 1.807) is 4.68 Å². The number of carboxylic acids is 1. The maximum Gasteiger partial charge on any atom is 0.325 e. The molecule has 0 saturated heterocycles. The molecule has 0 saturated carbocycles. The lowest BCUT2D eigenvalue weighted by atomic mass is 9.94. The first kappa shape index (κ1) is 17.8. The number of hydrogen-bond donors (Lipinski definition) is 2. The zero-order valence-corrected chi connectivity index (χ0v) is 15.4. The Balaban J connectivity index is 2.07. The van der Waals surface area contributed by atoms with E-state index in [4.69, 9.17) is 16.7 Å². The Labute approximate surface area is 152 Å². The van der Waals surface area contributed by atoms with E-state index in [2.05, 4.69) is 5.10 Å². The average Bonchev–Trinajstić information content (AvgIpc) is 3.17. The fraction of sp³-hybridized carbons (Fsp3) is 0.474. The maximum absolute atomic E-state index is 11.1. The topological polar surface area (TPSA) is 75.4 Å². The van der Waals surface area contributed by atoms with Crippen LogP contribution < -0.4 is 0 Å². The molecule has 1 aromatic carbocycles. The standard InChI is InChI=1S/C19H23ClN2O3/c1-3-16-14(17(4-2)22(21-16)10-18(23)24)8-11-9-15(20)19(25)13-7-5-6-12(11)13/h9,25H,3-8,10H2,1-2H3,(H,23,24). The number of phenols is 1. The molecule has 1 aromatic heterocycles. The molecule has 0 spiro atoms. The van der Waals surface area contributed by atoms with E-state index in [1.807, 2.05) is 19.9 Å². The number of benzene rings is 1. The second-order valence-electron chi connectivity index (χ2n) is 6.48. The molecule has 0 aliphatic heterocycles. The summed E-state index contributed by atoms with van der Waals surface area (Å²) in [5, 5.41) is 24.3. The van der Waals surface area contributed by atoms with E-state index in [-0.39, 0.29) is 12.3 Å². The van der Waals surface area contributed by atoms with Gasteiger partial charge in [0.2, 0.25) is 0 Å². The molecule has 0 atom stereocenters. The number of halogens is 1. The molecule has 1 heterocycles. The number of aromatic nitrogens is 2. The van der Waals surface area contributed by atoms with Crippen LogP contribution in [0, 0.1) is 0 Å². The van der Waals surface area contributed by atoms with E-state index < -0.39 is 5.97 Å². The van der Waals surface area contributed by atoms with Gasteiger partial charge in [-0.3, -0.25) is 9.48 Å². The van der Waals surface area contributed by atoms with Crippen LogP contribution in [0.15, 0.2) is 6.07 Å². The summed E-state index contributed by atoms with van der Waals surface area (Å²) in [5.74, 6) is -0.675. The van der Waals surface area contributed by atoms with Gasteiger partial charge in [-0.1, -0.05) is 25.4 Å². The molecule has 3 rings (SSSR count). The molecule has 0 bridgehead atoms. The van der Waals surface area contributed by atoms with Crippen LogP contribution >= 0.6 is 11.6 Å². The van der Waals surface area contributed by atoms with Gasteiger partial charge in [-0.15, -0.1) is 0 Å². The largest absolute Gasteiger partial charge is 0.506 e. The first-order valence-electron chi connectivity index (χ1n) is 8.77. The molecule has 134 valence electrons. The van der Waals surface area contributed by atoms with Gasteiger partial charge >= 0.3 is 5.97 Å². The van der Waals surface area contributed by atoms with Crippen LogP contribution in [0.1, 0.15) is 53.9 Å². The van der Waals surface area contributed by atoms with Crippen molar-refractivity contribution in [2.75, 3.05) is 0 Å². The van der Waals surface area contributed by atoms with E-state index in [9.17, 15) is 9.90 Å². The Morgan fingerprint density at radius 1 is 1.28 bits per heavy atom. The molecule has 2 aromatic rings. The van der Waals surface area contributed by atoms with Crippen LogP contribution in [0.3, 0.4) is 0 Å². The summed E-state index contributed by atoms with van der Waals surface area (Å²) < 4.78 is 1.61. The van der Waals surface area contributed by atoms with Crippen LogP contribution in [0.4, 0.5) is 0 Å². The lowest BCUT2D eigenvalue weighted by Crippen LogP contribution is -2.13. The third-order valence-corrected chi connectivity index (χ3v) is 5.28. The second-order valence-corrected chi connectivity index (χ2v) is 6.89. The number of nitrogens with zero attached hydrogens (tertiary/aromatic N) is 2. The van der Waals surface area contributed by atoms with Crippen molar-refractivity contribution in [1.29, 1.82) is 0 Å². The van der Waals surface area contributed by atoms with Gasteiger partial charge in [0.25, 0.3) is 0 Å². The number of aromatic hydroxyl groups is 1. The van der Waals surface area contributed by atoms with E-state index in [0.717, 1.165) is 60.2 Å². The molecule has 0 fully saturated rings. The highest BCUT2D eigenvalue weighted by Crippen LogP contribution is 2.39. The predicted octanol–water partition coefficient (Wildman–Crippen LogP) is 3.53. The van der Waals surface area contributed by atoms with Gasteiger partial charge < -0.3 is 10.2 Å². The number of carbonyl (C=O) groups is 1. The molecule has 0 unspecified atom stereocenters. The van der Waals surface area contributed by atoms with E-state index in [1.165, 1.54) is 5.56 Å². The number of carboxylic acid groups (broad SMARTS) is 1. The Morgan fingerprint density at radius 3 is 2.64 bits per heavy atom. The summed E-state index contributed by atoms with van der Waals surface area (Å²) in [7, 11) is 0. The molecule has 0 amide bonds. The quantitative estimate of drug-likeness (QED) is 0.824. The Kier molecular flexibility index (Phi) is 5.04. The minimum atomic E-state index is -0.889. The summed E-state index contributed by atoms with van der Waals surface area (Å²) in [6.07, 6.45) is 4.98. The van der Waals surface area contributed by atoms with Gasteiger partial charge in [0.05, 0.1) is 10.7 Å². The number of aryl methyl sites for hydroxylation is 1.